The Kier molecular flexibility index (Phi) is 12.3. The second-order valence-corrected chi connectivity index (χ2v) is 7.03. The van der Waals surface area contributed by atoms with Crippen molar-refractivity contribution in [3.63, 3.8) is 0 Å². The third kappa shape index (κ3) is 7.98. The standard InChI is InChI=1S/C19H36N4O2.HI/c1-3-20-19(21-11-5-6-12-22-13-7-8-14-22)23-15-9-10-17(16-23)18(24)25-4-2;/h17H,3-16H2,1-2H3,(H,20,21);1H. The molecule has 2 aliphatic heterocycles. The molecule has 0 aromatic carbocycles. The molecule has 2 rings (SSSR count). The molecule has 1 atom stereocenters. The molecule has 2 heterocycles. The first-order valence-corrected chi connectivity index (χ1v) is 10.2. The summed E-state index contributed by atoms with van der Waals surface area (Å²) in [7, 11) is 0. The summed E-state index contributed by atoms with van der Waals surface area (Å²) < 4.78 is 5.20. The van der Waals surface area contributed by atoms with Crippen molar-refractivity contribution in [2.45, 2.75) is 52.4 Å². The number of hydrogen-bond acceptors (Lipinski definition) is 4. The van der Waals surface area contributed by atoms with Gasteiger partial charge in [0.05, 0.1) is 12.5 Å². The monoisotopic (exact) mass is 480 g/mol. The largest absolute Gasteiger partial charge is 0.466 e. The van der Waals surface area contributed by atoms with E-state index in [-0.39, 0.29) is 35.9 Å². The Hall–Kier alpha value is -0.570. The van der Waals surface area contributed by atoms with Gasteiger partial charge in [0.15, 0.2) is 5.96 Å². The summed E-state index contributed by atoms with van der Waals surface area (Å²) in [6, 6.07) is 0. The smallest absolute Gasteiger partial charge is 0.310 e. The van der Waals surface area contributed by atoms with Gasteiger partial charge in [0.2, 0.25) is 0 Å². The third-order valence-electron chi connectivity index (χ3n) is 5.02. The van der Waals surface area contributed by atoms with Crippen molar-refractivity contribution in [2.24, 2.45) is 10.9 Å². The van der Waals surface area contributed by atoms with Crippen LogP contribution in [-0.2, 0) is 9.53 Å². The first-order valence-electron chi connectivity index (χ1n) is 10.2. The van der Waals surface area contributed by atoms with Crippen molar-refractivity contribution in [1.29, 1.82) is 0 Å². The lowest BCUT2D eigenvalue weighted by Gasteiger charge is -2.34. The number of aliphatic imine (C=N–C) groups is 1. The molecule has 6 nitrogen and oxygen atoms in total. The normalized spacial score (nSPS) is 21.4. The fraction of sp³-hybridized carbons (Fsp3) is 0.895. The molecule has 0 saturated carbocycles. The zero-order chi connectivity index (χ0) is 17.9. The Morgan fingerprint density at radius 1 is 1.15 bits per heavy atom. The van der Waals surface area contributed by atoms with Crippen LogP contribution in [0.15, 0.2) is 4.99 Å². The van der Waals surface area contributed by atoms with Crippen molar-refractivity contribution in [2.75, 3.05) is 52.4 Å². The molecule has 26 heavy (non-hydrogen) atoms. The summed E-state index contributed by atoms with van der Waals surface area (Å²) in [5.74, 6) is 0.874. The second kappa shape index (κ2) is 13.6. The van der Waals surface area contributed by atoms with Gasteiger partial charge in [-0.05, 0) is 72.0 Å². The van der Waals surface area contributed by atoms with Crippen molar-refractivity contribution in [1.82, 2.24) is 15.1 Å². The number of ether oxygens (including phenoxy) is 1. The lowest BCUT2D eigenvalue weighted by molar-refractivity contribution is -0.149. The Balaban J connectivity index is 0.00000338. The molecule has 0 bridgehead atoms. The Morgan fingerprint density at radius 3 is 2.62 bits per heavy atom. The minimum absolute atomic E-state index is 0. The maximum absolute atomic E-state index is 12.0. The Morgan fingerprint density at radius 2 is 1.92 bits per heavy atom. The van der Waals surface area contributed by atoms with E-state index in [9.17, 15) is 4.79 Å². The molecular formula is C19H37IN4O2. The maximum Gasteiger partial charge on any atom is 0.310 e. The first kappa shape index (κ1) is 23.5. The number of piperidine rings is 1. The second-order valence-electron chi connectivity index (χ2n) is 7.03. The summed E-state index contributed by atoms with van der Waals surface area (Å²) in [5.41, 5.74) is 0. The van der Waals surface area contributed by atoms with Crippen molar-refractivity contribution in [3.8, 4) is 0 Å². The first-order chi connectivity index (χ1) is 12.2. The van der Waals surface area contributed by atoms with Gasteiger partial charge in [-0.3, -0.25) is 9.79 Å². The minimum atomic E-state index is -0.0614. The van der Waals surface area contributed by atoms with Gasteiger partial charge in [-0.25, -0.2) is 0 Å². The van der Waals surface area contributed by atoms with Crippen LogP contribution in [0.4, 0.5) is 0 Å². The van der Waals surface area contributed by atoms with Gasteiger partial charge < -0.3 is 19.9 Å². The number of halogens is 1. The highest BCUT2D eigenvalue weighted by Gasteiger charge is 2.28. The van der Waals surface area contributed by atoms with E-state index in [1.54, 1.807) is 0 Å². The summed E-state index contributed by atoms with van der Waals surface area (Å²) in [6.45, 7) is 11.6. The summed E-state index contributed by atoms with van der Waals surface area (Å²) in [5, 5.41) is 3.39. The molecule has 0 aliphatic carbocycles. The lowest BCUT2D eigenvalue weighted by atomic mass is 9.98. The fourth-order valence-electron chi connectivity index (χ4n) is 3.69. The van der Waals surface area contributed by atoms with Crippen LogP contribution in [0.3, 0.4) is 0 Å². The van der Waals surface area contributed by atoms with Crippen LogP contribution < -0.4 is 5.32 Å². The SMILES string of the molecule is CCNC(=NCCCCN1CCCC1)N1CCCC(C(=O)OCC)C1.I. The van der Waals surface area contributed by atoms with E-state index in [0.717, 1.165) is 51.4 Å². The van der Waals surface area contributed by atoms with Crippen molar-refractivity contribution < 1.29 is 9.53 Å². The number of rotatable bonds is 8. The topological polar surface area (TPSA) is 57.2 Å². The highest BCUT2D eigenvalue weighted by atomic mass is 127. The van der Waals surface area contributed by atoms with Crippen LogP contribution in [0.5, 0.6) is 0 Å². The molecule has 7 heteroatoms. The Labute approximate surface area is 176 Å². The van der Waals surface area contributed by atoms with Crippen LogP contribution in [0.2, 0.25) is 0 Å². The average molecular weight is 480 g/mol. The maximum atomic E-state index is 12.0. The van der Waals surface area contributed by atoms with E-state index in [1.165, 1.54) is 38.9 Å². The molecule has 0 radical (unpaired) electrons. The Bertz CT molecular complexity index is 428. The van der Waals surface area contributed by atoms with E-state index < -0.39 is 0 Å². The number of esters is 1. The van der Waals surface area contributed by atoms with E-state index in [2.05, 4.69) is 22.0 Å². The molecule has 1 unspecified atom stereocenters. The van der Waals surface area contributed by atoms with Crippen LogP contribution in [0, 0.1) is 5.92 Å². The van der Waals surface area contributed by atoms with Crippen molar-refractivity contribution >= 4 is 35.9 Å². The molecule has 0 aromatic rings. The number of carbonyl (C=O) groups is 1. The molecule has 0 amide bonds. The summed E-state index contributed by atoms with van der Waals surface area (Å²) in [4.78, 5) is 21.6. The predicted octanol–water partition coefficient (Wildman–Crippen LogP) is 2.72. The molecule has 2 aliphatic rings. The molecule has 152 valence electrons. The zero-order valence-corrected chi connectivity index (χ0v) is 18.9. The quantitative estimate of drug-likeness (QED) is 0.190. The van der Waals surface area contributed by atoms with Gasteiger partial charge in [-0.2, -0.15) is 0 Å². The van der Waals surface area contributed by atoms with Crippen LogP contribution in [0.25, 0.3) is 0 Å². The van der Waals surface area contributed by atoms with Gasteiger partial charge in [0.25, 0.3) is 0 Å². The van der Waals surface area contributed by atoms with Gasteiger partial charge in [-0.1, -0.05) is 0 Å². The highest BCUT2D eigenvalue weighted by molar-refractivity contribution is 14.0. The van der Waals surface area contributed by atoms with Crippen LogP contribution in [-0.4, -0.2) is 74.1 Å². The van der Waals surface area contributed by atoms with Crippen LogP contribution in [0.1, 0.15) is 52.4 Å². The summed E-state index contributed by atoms with van der Waals surface area (Å²) >= 11 is 0. The van der Waals surface area contributed by atoms with Gasteiger partial charge in [-0.15, -0.1) is 24.0 Å². The lowest BCUT2D eigenvalue weighted by Crippen LogP contribution is -2.48. The van der Waals surface area contributed by atoms with E-state index in [0.29, 0.717) is 6.61 Å². The van der Waals surface area contributed by atoms with E-state index >= 15 is 0 Å². The van der Waals surface area contributed by atoms with Gasteiger partial charge in [0.1, 0.15) is 0 Å². The van der Waals surface area contributed by atoms with Crippen molar-refractivity contribution in [3.05, 3.63) is 0 Å². The number of carbonyl (C=O) groups excluding carboxylic acids is 1. The van der Waals surface area contributed by atoms with Gasteiger partial charge in [0, 0.05) is 26.2 Å². The molecule has 2 fully saturated rings. The van der Waals surface area contributed by atoms with E-state index in [4.69, 9.17) is 9.73 Å². The average Bonchev–Trinajstić information content (AvgIpc) is 3.14. The van der Waals surface area contributed by atoms with Crippen LogP contribution >= 0.6 is 24.0 Å². The molecule has 1 N–H and O–H groups in total. The zero-order valence-electron chi connectivity index (χ0n) is 16.5. The minimum Gasteiger partial charge on any atom is -0.466 e. The molecular weight excluding hydrogens is 443 g/mol. The van der Waals surface area contributed by atoms with Gasteiger partial charge >= 0.3 is 5.97 Å². The molecule has 0 spiro atoms. The number of nitrogens with zero attached hydrogens (tertiary/aromatic N) is 3. The number of guanidine groups is 1. The molecule has 0 aromatic heterocycles. The highest BCUT2D eigenvalue weighted by Crippen LogP contribution is 2.18. The van der Waals surface area contributed by atoms with E-state index in [1.807, 2.05) is 6.92 Å². The number of hydrogen-bond donors (Lipinski definition) is 1. The summed E-state index contributed by atoms with van der Waals surface area (Å²) in [6.07, 6.45) is 7.00. The third-order valence-corrected chi connectivity index (χ3v) is 5.02. The number of unbranched alkanes of at least 4 members (excludes halogenated alkanes) is 1. The molecule has 2 saturated heterocycles. The fourth-order valence-corrected chi connectivity index (χ4v) is 3.69. The predicted molar refractivity (Wildman–Crippen MR) is 117 cm³/mol. The number of likely N-dealkylation sites (tertiary alicyclic amines) is 2. The number of nitrogens with one attached hydrogen (secondary N) is 1.